The maximum atomic E-state index is 13.0. The topological polar surface area (TPSA) is 85.0 Å². The van der Waals surface area contributed by atoms with E-state index in [0.29, 0.717) is 34.5 Å². The SMILES string of the molecule is Cc1nc(-c2ncccn2)sc1C(=O)N1C[C@@H](N)[C@H](c2ccccc2)C1. The summed E-state index contributed by atoms with van der Waals surface area (Å²) in [5.74, 6) is 0.682. The summed E-state index contributed by atoms with van der Waals surface area (Å²) in [4.78, 5) is 28.4. The van der Waals surface area contributed by atoms with Crippen LogP contribution >= 0.6 is 11.3 Å². The van der Waals surface area contributed by atoms with Gasteiger partial charge in [0, 0.05) is 37.4 Å². The van der Waals surface area contributed by atoms with Crippen LogP contribution in [0.15, 0.2) is 48.8 Å². The summed E-state index contributed by atoms with van der Waals surface area (Å²) in [6.07, 6.45) is 3.34. The van der Waals surface area contributed by atoms with Gasteiger partial charge in [0.2, 0.25) is 0 Å². The number of aromatic nitrogens is 3. The number of carbonyl (C=O) groups is 1. The fourth-order valence-corrected chi connectivity index (χ4v) is 4.27. The molecule has 0 aliphatic carbocycles. The van der Waals surface area contributed by atoms with Gasteiger partial charge < -0.3 is 10.6 Å². The summed E-state index contributed by atoms with van der Waals surface area (Å²) in [5.41, 5.74) is 8.21. The number of aryl methyl sites for hydroxylation is 1. The van der Waals surface area contributed by atoms with Crippen LogP contribution in [0, 0.1) is 6.92 Å². The quantitative estimate of drug-likeness (QED) is 0.771. The average molecular weight is 365 g/mol. The van der Waals surface area contributed by atoms with Gasteiger partial charge >= 0.3 is 0 Å². The van der Waals surface area contributed by atoms with Crippen LogP contribution in [0.4, 0.5) is 0 Å². The summed E-state index contributed by atoms with van der Waals surface area (Å²) in [5, 5.41) is 0.662. The van der Waals surface area contributed by atoms with Gasteiger partial charge in [0.15, 0.2) is 10.8 Å². The van der Waals surface area contributed by atoms with Crippen LogP contribution in [0.1, 0.15) is 26.8 Å². The smallest absolute Gasteiger partial charge is 0.265 e. The number of rotatable bonds is 3. The third kappa shape index (κ3) is 3.11. The number of hydrogen-bond acceptors (Lipinski definition) is 6. The van der Waals surface area contributed by atoms with Gasteiger partial charge in [-0.25, -0.2) is 15.0 Å². The summed E-state index contributed by atoms with van der Waals surface area (Å²) in [6, 6.07) is 11.8. The summed E-state index contributed by atoms with van der Waals surface area (Å²) in [6.45, 7) is 3.02. The van der Waals surface area contributed by atoms with Crippen LogP contribution in [0.5, 0.6) is 0 Å². The molecule has 1 fully saturated rings. The minimum absolute atomic E-state index is 0.0175. The first-order valence-corrected chi connectivity index (χ1v) is 9.29. The molecule has 0 saturated carbocycles. The van der Waals surface area contributed by atoms with E-state index < -0.39 is 0 Å². The lowest BCUT2D eigenvalue weighted by Gasteiger charge is -2.15. The maximum Gasteiger partial charge on any atom is 0.265 e. The molecule has 4 rings (SSSR count). The Morgan fingerprint density at radius 1 is 1.15 bits per heavy atom. The number of nitrogens with zero attached hydrogens (tertiary/aromatic N) is 4. The molecule has 132 valence electrons. The predicted octanol–water partition coefficient (Wildman–Crippen LogP) is 2.48. The lowest BCUT2D eigenvalue weighted by molar-refractivity contribution is 0.0793. The number of nitrogens with two attached hydrogens (primary N) is 1. The lowest BCUT2D eigenvalue weighted by atomic mass is 9.95. The van der Waals surface area contributed by atoms with E-state index in [1.807, 2.05) is 30.0 Å². The molecule has 3 heterocycles. The van der Waals surface area contributed by atoms with Crippen LogP contribution in [-0.4, -0.2) is 44.9 Å². The molecule has 1 saturated heterocycles. The fourth-order valence-electron chi connectivity index (χ4n) is 3.29. The molecule has 1 aliphatic rings. The Labute approximate surface area is 155 Å². The van der Waals surface area contributed by atoms with E-state index in [9.17, 15) is 4.79 Å². The zero-order valence-electron chi connectivity index (χ0n) is 14.4. The Balaban J connectivity index is 1.56. The first-order valence-electron chi connectivity index (χ1n) is 8.48. The van der Waals surface area contributed by atoms with Gasteiger partial charge in [-0.2, -0.15) is 0 Å². The summed E-state index contributed by atoms with van der Waals surface area (Å²) >= 11 is 1.34. The molecule has 7 heteroatoms. The number of amides is 1. The molecule has 2 N–H and O–H groups in total. The second kappa shape index (κ2) is 6.93. The van der Waals surface area contributed by atoms with Crippen molar-refractivity contribution in [1.82, 2.24) is 19.9 Å². The molecule has 3 aromatic rings. The molecule has 1 amide bonds. The second-order valence-electron chi connectivity index (χ2n) is 6.40. The van der Waals surface area contributed by atoms with E-state index in [2.05, 4.69) is 27.1 Å². The number of thiazole rings is 1. The number of hydrogen-bond donors (Lipinski definition) is 1. The first kappa shape index (κ1) is 16.8. The van der Waals surface area contributed by atoms with Gasteiger partial charge in [0.1, 0.15) is 4.88 Å². The molecule has 26 heavy (non-hydrogen) atoms. The summed E-state index contributed by atoms with van der Waals surface area (Å²) in [7, 11) is 0. The van der Waals surface area contributed by atoms with Crippen molar-refractivity contribution >= 4 is 17.2 Å². The Kier molecular flexibility index (Phi) is 4.48. The molecule has 6 nitrogen and oxygen atoms in total. The van der Waals surface area contributed by atoms with Crippen LogP contribution < -0.4 is 5.73 Å². The van der Waals surface area contributed by atoms with Crippen molar-refractivity contribution in [3.8, 4) is 10.8 Å². The van der Waals surface area contributed by atoms with E-state index in [1.54, 1.807) is 18.5 Å². The van der Waals surface area contributed by atoms with Gasteiger partial charge in [0.25, 0.3) is 5.91 Å². The van der Waals surface area contributed by atoms with E-state index in [1.165, 1.54) is 16.9 Å². The van der Waals surface area contributed by atoms with Gasteiger partial charge in [-0.3, -0.25) is 4.79 Å². The molecule has 2 aromatic heterocycles. The fraction of sp³-hybridized carbons (Fsp3) is 0.263. The third-order valence-electron chi connectivity index (χ3n) is 4.63. The average Bonchev–Trinajstić information content (AvgIpc) is 3.26. The van der Waals surface area contributed by atoms with E-state index in [-0.39, 0.29) is 17.9 Å². The number of likely N-dealkylation sites (tertiary alicyclic amines) is 1. The standard InChI is InChI=1S/C19H19N5OS/c1-12-16(26-18(23-12)17-21-8-5-9-22-17)19(25)24-10-14(15(20)11-24)13-6-3-2-4-7-13/h2-9,14-15H,10-11,20H2,1H3/t14-,15+/m0/s1. The highest BCUT2D eigenvalue weighted by Crippen LogP contribution is 2.31. The number of carbonyl (C=O) groups excluding carboxylic acids is 1. The molecule has 0 bridgehead atoms. The highest BCUT2D eigenvalue weighted by molar-refractivity contribution is 7.17. The maximum absolute atomic E-state index is 13.0. The monoisotopic (exact) mass is 365 g/mol. The number of benzene rings is 1. The Morgan fingerprint density at radius 2 is 1.88 bits per heavy atom. The van der Waals surface area contributed by atoms with Gasteiger partial charge in [-0.05, 0) is 18.6 Å². The second-order valence-corrected chi connectivity index (χ2v) is 7.40. The highest BCUT2D eigenvalue weighted by Gasteiger charge is 2.35. The molecule has 0 radical (unpaired) electrons. The van der Waals surface area contributed by atoms with Crippen LogP contribution in [0.3, 0.4) is 0 Å². The molecular formula is C19H19N5OS. The zero-order valence-corrected chi connectivity index (χ0v) is 15.2. The molecule has 1 aliphatic heterocycles. The molecular weight excluding hydrogens is 346 g/mol. The van der Waals surface area contributed by atoms with Crippen LogP contribution in [-0.2, 0) is 0 Å². The minimum Gasteiger partial charge on any atom is -0.336 e. The summed E-state index contributed by atoms with van der Waals surface area (Å²) < 4.78 is 0. The highest BCUT2D eigenvalue weighted by atomic mass is 32.1. The Hall–Kier alpha value is -2.64. The van der Waals surface area contributed by atoms with Crippen molar-refractivity contribution in [3.63, 3.8) is 0 Å². The lowest BCUT2D eigenvalue weighted by Crippen LogP contribution is -2.32. The van der Waals surface area contributed by atoms with Crippen LogP contribution in [0.2, 0.25) is 0 Å². The van der Waals surface area contributed by atoms with E-state index >= 15 is 0 Å². The minimum atomic E-state index is -0.0634. The van der Waals surface area contributed by atoms with Crippen LogP contribution in [0.25, 0.3) is 10.8 Å². The Morgan fingerprint density at radius 3 is 2.62 bits per heavy atom. The molecule has 2 atom stereocenters. The van der Waals surface area contributed by atoms with Crippen molar-refractivity contribution in [1.29, 1.82) is 0 Å². The van der Waals surface area contributed by atoms with Crippen molar-refractivity contribution in [2.45, 2.75) is 18.9 Å². The first-order chi connectivity index (χ1) is 12.6. The normalized spacial score (nSPS) is 19.7. The van der Waals surface area contributed by atoms with E-state index in [4.69, 9.17) is 5.73 Å². The van der Waals surface area contributed by atoms with Gasteiger partial charge in [0.05, 0.1) is 5.69 Å². The molecule has 0 spiro atoms. The van der Waals surface area contributed by atoms with Gasteiger partial charge in [-0.1, -0.05) is 30.3 Å². The van der Waals surface area contributed by atoms with Crippen molar-refractivity contribution in [2.24, 2.45) is 5.73 Å². The molecule has 1 aromatic carbocycles. The van der Waals surface area contributed by atoms with Crippen molar-refractivity contribution < 1.29 is 4.79 Å². The third-order valence-corrected chi connectivity index (χ3v) is 5.77. The van der Waals surface area contributed by atoms with Crippen molar-refractivity contribution in [2.75, 3.05) is 13.1 Å². The predicted molar refractivity (Wildman–Crippen MR) is 101 cm³/mol. The zero-order chi connectivity index (χ0) is 18.1. The van der Waals surface area contributed by atoms with Crippen molar-refractivity contribution in [3.05, 3.63) is 64.9 Å². The molecule has 0 unspecified atom stereocenters. The van der Waals surface area contributed by atoms with Gasteiger partial charge in [-0.15, -0.1) is 11.3 Å². The largest absolute Gasteiger partial charge is 0.336 e. The van der Waals surface area contributed by atoms with E-state index in [0.717, 1.165) is 0 Å². The Bertz CT molecular complexity index is 912.